The first-order chi connectivity index (χ1) is 16.1. The van der Waals surface area contributed by atoms with Crippen molar-refractivity contribution in [3.63, 3.8) is 0 Å². The zero-order chi connectivity index (χ0) is 25.4. The second-order valence-corrected chi connectivity index (χ2v) is 8.16. The number of hydrogen-bond acceptors (Lipinski definition) is 8. The Morgan fingerprint density at radius 3 is 2.26 bits per heavy atom. The van der Waals surface area contributed by atoms with E-state index in [2.05, 4.69) is 0 Å². The van der Waals surface area contributed by atoms with Crippen molar-refractivity contribution in [3.05, 3.63) is 71.0 Å². The van der Waals surface area contributed by atoms with Gasteiger partial charge in [-0.3, -0.25) is 19.3 Å². The number of amides is 2. The van der Waals surface area contributed by atoms with Crippen molar-refractivity contribution in [1.82, 2.24) is 4.90 Å². The average Bonchev–Trinajstić information content (AvgIpc) is 2.99. The van der Waals surface area contributed by atoms with Crippen LogP contribution in [0.4, 0.5) is 0 Å². The van der Waals surface area contributed by atoms with Gasteiger partial charge in [0.2, 0.25) is 5.91 Å². The summed E-state index contributed by atoms with van der Waals surface area (Å²) in [6.45, 7) is 1.32. The Kier molecular flexibility index (Phi) is 9.97. The van der Waals surface area contributed by atoms with Gasteiger partial charge in [-0.25, -0.2) is 0 Å². The second kappa shape index (κ2) is 12.4. The van der Waals surface area contributed by atoms with Crippen LogP contribution in [0.1, 0.15) is 13.3 Å². The van der Waals surface area contributed by atoms with Crippen LogP contribution in [0.2, 0.25) is 0 Å². The van der Waals surface area contributed by atoms with E-state index < -0.39 is 72.5 Å². The number of nitrogens with two attached hydrogens (primary N) is 1. The van der Waals surface area contributed by atoms with Crippen LogP contribution in [0.25, 0.3) is 0 Å². The Morgan fingerprint density at radius 2 is 1.68 bits per heavy atom. The molecule has 2 aliphatic rings. The number of ether oxygens (including phenoxy) is 1. The molecule has 0 aromatic heterocycles. The molecular weight excluding hydrogens is 468 g/mol. The first-order valence-corrected chi connectivity index (χ1v) is 10.7. The lowest BCUT2D eigenvalue weighted by atomic mass is 10.0. The number of aliphatic hydroxyl groups excluding tert-OH is 4. The number of nitrogens with zero attached hydrogens (tertiary/aromatic N) is 1. The predicted molar refractivity (Wildman–Crippen MR) is 123 cm³/mol. The van der Waals surface area contributed by atoms with Gasteiger partial charge in [0, 0.05) is 5.03 Å². The molecule has 10 nitrogen and oxygen atoms in total. The maximum atomic E-state index is 13.0. The third kappa shape index (κ3) is 6.75. The van der Waals surface area contributed by atoms with E-state index in [1.807, 2.05) is 0 Å². The van der Waals surface area contributed by atoms with E-state index in [0.717, 1.165) is 11.0 Å². The molecule has 2 fully saturated rings. The number of carbonyl (C=O) groups excluding carboxylic acids is 3. The van der Waals surface area contributed by atoms with Crippen LogP contribution < -0.4 is 5.73 Å². The molecule has 2 heterocycles. The third-order valence-corrected chi connectivity index (χ3v) is 5.10. The Bertz CT molecular complexity index is 977. The molecule has 0 aromatic carbocycles. The number of Topliss-reactive ketones (excluding diaryl/α,β-unsaturated/α-hetero) is 1. The maximum Gasteiger partial charge on any atom is 0.264 e. The lowest BCUT2D eigenvalue weighted by Crippen LogP contribution is -2.61. The highest BCUT2D eigenvalue weighted by Crippen LogP contribution is 2.31. The van der Waals surface area contributed by atoms with Crippen LogP contribution in [0.5, 0.6) is 0 Å². The number of hydrogen-bond donors (Lipinski definition) is 5. The van der Waals surface area contributed by atoms with E-state index in [-0.39, 0.29) is 0 Å². The standard InChI is InChI=1S/C23H27ClN2O8/c1-13(24)9-7-5-3-2-4-6-8-10-15(27)18-19(30)14(11-17(25)29)26(22(18)33)23-21(32)20(31)16(28)12-34-23/h2-10,14,16,20-21,23,27-28,31-32H,11-12H2,1H3,(H2,25,29)/b3-2+,6-4+,7-5+,10-8+,13-9-,18-15+/t14-,16+,20-,21+,23+/m0/s1. The molecule has 34 heavy (non-hydrogen) atoms. The zero-order valence-corrected chi connectivity index (χ0v) is 19.1. The highest BCUT2D eigenvalue weighted by Gasteiger charge is 2.53. The van der Waals surface area contributed by atoms with Gasteiger partial charge in [-0.15, -0.1) is 0 Å². The van der Waals surface area contributed by atoms with Crippen molar-refractivity contribution in [2.24, 2.45) is 5.73 Å². The third-order valence-electron chi connectivity index (χ3n) is 4.98. The smallest absolute Gasteiger partial charge is 0.264 e. The average molecular weight is 495 g/mol. The fourth-order valence-electron chi connectivity index (χ4n) is 3.35. The molecule has 0 radical (unpaired) electrons. The normalized spacial score (nSPS) is 30.6. The lowest BCUT2D eigenvalue weighted by Gasteiger charge is -2.41. The Hall–Kier alpha value is -3.02. The van der Waals surface area contributed by atoms with Gasteiger partial charge < -0.3 is 30.9 Å². The number of rotatable bonds is 8. The summed E-state index contributed by atoms with van der Waals surface area (Å²) in [5, 5.41) is 40.9. The van der Waals surface area contributed by atoms with Gasteiger partial charge >= 0.3 is 0 Å². The molecule has 0 saturated carbocycles. The molecule has 0 aromatic rings. The second-order valence-electron chi connectivity index (χ2n) is 7.56. The predicted octanol–water partition coefficient (Wildman–Crippen LogP) is 0.260. The highest BCUT2D eigenvalue weighted by molar-refractivity contribution is 6.29. The number of halogens is 1. The molecule has 2 amide bonds. The minimum Gasteiger partial charge on any atom is -0.507 e. The summed E-state index contributed by atoms with van der Waals surface area (Å²) < 4.78 is 5.27. The minimum absolute atomic E-state index is 0.426. The quantitative estimate of drug-likeness (QED) is 0.138. The topological polar surface area (TPSA) is 171 Å². The number of primary amides is 1. The van der Waals surface area contributed by atoms with Crippen molar-refractivity contribution in [2.45, 2.75) is 43.9 Å². The lowest BCUT2D eigenvalue weighted by molar-refractivity contribution is -0.229. The van der Waals surface area contributed by atoms with E-state index in [1.165, 1.54) is 12.2 Å². The maximum absolute atomic E-state index is 13.0. The number of carbonyl (C=O) groups is 3. The number of aliphatic hydroxyl groups is 4. The van der Waals surface area contributed by atoms with E-state index in [1.54, 1.807) is 43.4 Å². The monoisotopic (exact) mass is 494 g/mol. The SMILES string of the molecule is C/C(Cl)=C/C=C/C=C/C=C/C=C/C(O)=C1/C(=O)[C@H](CC(N)=O)N([C@@H]2OC[C@@H](O)[C@H](O)[C@H]2O)C1=O. The Labute approximate surface area is 201 Å². The van der Waals surface area contributed by atoms with Crippen molar-refractivity contribution in [1.29, 1.82) is 0 Å². The summed E-state index contributed by atoms with van der Waals surface area (Å²) in [5.74, 6) is -3.46. The molecule has 0 aliphatic carbocycles. The van der Waals surface area contributed by atoms with Crippen LogP contribution in [0.3, 0.4) is 0 Å². The summed E-state index contributed by atoms with van der Waals surface area (Å²) in [6.07, 6.45) is 7.37. The largest absolute Gasteiger partial charge is 0.507 e. The molecule has 0 unspecified atom stereocenters. The zero-order valence-electron chi connectivity index (χ0n) is 18.3. The summed E-state index contributed by atoms with van der Waals surface area (Å²) in [4.78, 5) is 38.1. The molecule has 0 spiro atoms. The van der Waals surface area contributed by atoms with E-state index in [4.69, 9.17) is 22.1 Å². The molecule has 2 saturated heterocycles. The van der Waals surface area contributed by atoms with Gasteiger partial charge in [-0.2, -0.15) is 0 Å². The molecular formula is C23H27ClN2O8. The fraction of sp³-hybridized carbons (Fsp3) is 0.348. The summed E-state index contributed by atoms with van der Waals surface area (Å²) in [7, 11) is 0. The van der Waals surface area contributed by atoms with Gasteiger partial charge in [0.05, 0.1) is 13.0 Å². The summed E-state index contributed by atoms with van der Waals surface area (Å²) >= 11 is 5.69. The highest BCUT2D eigenvalue weighted by atomic mass is 35.5. The van der Waals surface area contributed by atoms with Gasteiger partial charge in [0.15, 0.2) is 12.0 Å². The Balaban J connectivity index is 2.23. The number of allylic oxidation sites excluding steroid dienone is 10. The van der Waals surface area contributed by atoms with Gasteiger partial charge in [-0.1, -0.05) is 54.1 Å². The van der Waals surface area contributed by atoms with Gasteiger partial charge in [0.25, 0.3) is 5.91 Å². The molecule has 2 aliphatic heterocycles. The van der Waals surface area contributed by atoms with Gasteiger partial charge in [0.1, 0.15) is 35.7 Å². The Morgan fingerprint density at radius 1 is 1.09 bits per heavy atom. The molecule has 11 heteroatoms. The molecule has 0 bridgehead atoms. The van der Waals surface area contributed by atoms with E-state index in [0.29, 0.717) is 5.03 Å². The van der Waals surface area contributed by atoms with E-state index in [9.17, 15) is 34.8 Å². The first kappa shape index (κ1) is 27.2. The molecule has 2 rings (SSSR count). The van der Waals surface area contributed by atoms with Gasteiger partial charge in [-0.05, 0) is 19.1 Å². The molecule has 6 N–H and O–H groups in total. The van der Waals surface area contributed by atoms with Crippen LogP contribution in [-0.2, 0) is 19.1 Å². The van der Waals surface area contributed by atoms with Crippen LogP contribution >= 0.6 is 11.6 Å². The fourth-order valence-corrected chi connectivity index (χ4v) is 3.43. The van der Waals surface area contributed by atoms with Crippen molar-refractivity contribution < 1.29 is 39.5 Å². The van der Waals surface area contributed by atoms with Crippen LogP contribution in [-0.4, -0.2) is 80.1 Å². The van der Waals surface area contributed by atoms with Crippen molar-refractivity contribution in [2.75, 3.05) is 6.61 Å². The van der Waals surface area contributed by atoms with Crippen LogP contribution in [0, 0.1) is 0 Å². The number of ketones is 1. The van der Waals surface area contributed by atoms with Crippen molar-refractivity contribution in [3.8, 4) is 0 Å². The summed E-state index contributed by atoms with van der Waals surface area (Å²) in [5.41, 5.74) is 4.59. The summed E-state index contributed by atoms with van der Waals surface area (Å²) in [6, 6.07) is -1.45. The molecule has 5 atom stereocenters. The van der Waals surface area contributed by atoms with Crippen LogP contribution in [0.15, 0.2) is 71.0 Å². The number of likely N-dealkylation sites (tertiary alicyclic amines) is 1. The van der Waals surface area contributed by atoms with Crippen molar-refractivity contribution >= 4 is 29.2 Å². The first-order valence-electron chi connectivity index (χ1n) is 10.3. The molecule has 184 valence electrons. The van der Waals surface area contributed by atoms with E-state index >= 15 is 0 Å². The minimum atomic E-state index is -1.76.